The molecule has 4 aliphatic carbocycles. The Morgan fingerprint density at radius 3 is 2.47 bits per heavy atom. The van der Waals surface area contributed by atoms with Crippen LogP contribution in [-0.2, 0) is 14.3 Å². The van der Waals surface area contributed by atoms with Crippen LogP contribution in [0.15, 0.2) is 23.0 Å². The van der Waals surface area contributed by atoms with Gasteiger partial charge in [-0.25, -0.2) is 13.2 Å². The van der Waals surface area contributed by atoms with Crippen molar-refractivity contribution in [2.75, 3.05) is 0 Å². The number of rotatable bonds is 6. The summed E-state index contributed by atoms with van der Waals surface area (Å²) in [5.41, 5.74) is -7.20. The van der Waals surface area contributed by atoms with Gasteiger partial charge in [-0.05, 0) is 76.6 Å². The number of thiocarbonyl (C=S) groups is 1. The molecule has 0 amide bonds. The molecule has 2 N–H and O–H groups in total. The number of alkyl halides is 2. The van der Waals surface area contributed by atoms with Crippen LogP contribution in [0.1, 0.15) is 86.0 Å². The normalized spacial score (nSPS) is 47.2. The van der Waals surface area contributed by atoms with Gasteiger partial charge in [0.2, 0.25) is 5.78 Å². The van der Waals surface area contributed by atoms with Crippen molar-refractivity contribution in [2.24, 2.45) is 22.7 Å². The predicted molar refractivity (Wildman–Crippen MR) is 140 cm³/mol. The number of ether oxygens (including phenoxy) is 2. The lowest BCUT2D eigenvalue weighted by atomic mass is 9.44. The number of halogens is 3. The average molecular weight is 557 g/mol. The van der Waals surface area contributed by atoms with Crippen molar-refractivity contribution < 1.29 is 37.7 Å². The van der Waals surface area contributed by atoms with E-state index in [1.807, 2.05) is 0 Å². The summed E-state index contributed by atoms with van der Waals surface area (Å²) in [7, 11) is 0. The van der Waals surface area contributed by atoms with Crippen molar-refractivity contribution >= 4 is 23.1 Å². The van der Waals surface area contributed by atoms with Gasteiger partial charge in [0.05, 0.1) is 17.6 Å². The summed E-state index contributed by atoms with van der Waals surface area (Å²) in [6, 6.07) is 0. The third-order valence-corrected chi connectivity index (χ3v) is 10.8. The van der Waals surface area contributed by atoms with Gasteiger partial charge >= 0.3 is 0 Å². The monoisotopic (exact) mass is 556 g/mol. The molecule has 5 rings (SSSR count). The Bertz CT molecular complexity index is 1120. The largest absolute Gasteiger partial charge is 0.500 e. The molecular weight excluding hydrogens is 517 g/mol. The first-order valence-corrected chi connectivity index (χ1v) is 14.3. The minimum Gasteiger partial charge on any atom is -0.500 e. The van der Waals surface area contributed by atoms with Crippen molar-refractivity contribution in [3.05, 3.63) is 23.0 Å². The number of aliphatic hydroxyl groups is 2. The number of fused-ring (bicyclic) bond motifs is 7. The van der Waals surface area contributed by atoms with E-state index >= 15 is 13.2 Å². The number of Topliss-reactive ketones (excluding diaryl/α,β-unsaturated/α-hetero) is 1. The van der Waals surface area contributed by atoms with Gasteiger partial charge in [0.1, 0.15) is 6.17 Å². The predicted octanol–water partition coefficient (Wildman–Crippen LogP) is 6.33. The van der Waals surface area contributed by atoms with Crippen LogP contribution >= 0.6 is 12.2 Å². The molecule has 0 aromatic rings. The Labute approximate surface area is 227 Å². The molecule has 0 aromatic carbocycles. The molecule has 3 saturated carbocycles. The molecule has 5 aliphatic rings. The number of hydrogen-bond acceptors (Lipinski definition) is 5. The highest BCUT2D eigenvalue weighted by atomic mass is 32.1. The van der Waals surface area contributed by atoms with Crippen LogP contribution in [0, 0.1) is 22.7 Å². The summed E-state index contributed by atoms with van der Waals surface area (Å²) < 4.78 is 61.6. The highest BCUT2D eigenvalue weighted by molar-refractivity contribution is 7.80. The summed E-state index contributed by atoms with van der Waals surface area (Å²) in [5, 5.41) is 22.0. The van der Waals surface area contributed by atoms with Gasteiger partial charge in [-0.1, -0.05) is 39.2 Å². The Morgan fingerprint density at radius 1 is 1.16 bits per heavy atom. The standard InChI is InChI=1S/C29H39F3O5S/c1-6-7-8-9-10-15-13-27(5)21(22(31)23(15)34)18(30)11-17-16-12-20-29(24(35)38,37-25(2,3)36-20)26(16,4)14-19(33)28(17,27)32/h13,16-20,33H,6-12,14H2,1-5H3,(H,35,38)/t16-,17-,18-,19-,20+,26-,27-,28-,29-/m0/s1. The molecule has 5 nitrogen and oxygen atoms in total. The molecule has 1 saturated heterocycles. The number of allylic oxidation sites excluding steroid dienone is 4. The van der Waals surface area contributed by atoms with Crippen molar-refractivity contribution in [3.63, 3.8) is 0 Å². The molecule has 0 unspecified atom stereocenters. The third kappa shape index (κ3) is 3.40. The van der Waals surface area contributed by atoms with Gasteiger partial charge < -0.3 is 19.7 Å². The van der Waals surface area contributed by atoms with Gasteiger partial charge in [0, 0.05) is 16.9 Å². The van der Waals surface area contributed by atoms with E-state index in [4.69, 9.17) is 21.7 Å². The number of aliphatic hydroxyl groups excluding tert-OH is 2. The summed E-state index contributed by atoms with van der Waals surface area (Å²) in [6.45, 7) is 8.66. The van der Waals surface area contributed by atoms with Crippen LogP contribution in [0.4, 0.5) is 13.2 Å². The number of carbonyl (C=O) groups is 1. The second-order valence-corrected chi connectivity index (χ2v) is 13.3. The minimum absolute atomic E-state index is 0.139. The third-order valence-electron chi connectivity index (χ3n) is 10.5. The second-order valence-electron chi connectivity index (χ2n) is 12.9. The molecule has 9 heteroatoms. The van der Waals surface area contributed by atoms with E-state index in [-0.39, 0.29) is 24.8 Å². The van der Waals surface area contributed by atoms with Crippen LogP contribution in [0.3, 0.4) is 0 Å². The average Bonchev–Trinajstić information content (AvgIpc) is 3.23. The maximum Gasteiger partial charge on any atom is 0.217 e. The van der Waals surface area contributed by atoms with Crippen molar-refractivity contribution in [1.82, 2.24) is 0 Å². The van der Waals surface area contributed by atoms with E-state index in [9.17, 15) is 15.0 Å². The lowest BCUT2D eigenvalue weighted by Gasteiger charge is -2.63. The SMILES string of the molecule is CCCCCCC1=C[C@@]2(C)C(=C(F)C1=O)[C@@H](F)C[C@H]1[C@@H]3C[C@H]4OC(C)(C)O[C@@]4(C(O)=S)[C@@]3(C)C[C@H](O)[C@@]12F. The number of hydrogen-bond donors (Lipinski definition) is 2. The van der Waals surface area contributed by atoms with Crippen LogP contribution in [0.5, 0.6) is 0 Å². The van der Waals surface area contributed by atoms with E-state index in [2.05, 4.69) is 6.92 Å². The molecule has 0 bridgehead atoms. The zero-order chi connectivity index (χ0) is 28.1. The Morgan fingerprint density at radius 2 is 1.84 bits per heavy atom. The smallest absolute Gasteiger partial charge is 0.217 e. The zero-order valence-corrected chi connectivity index (χ0v) is 23.6. The van der Waals surface area contributed by atoms with Crippen molar-refractivity contribution in [2.45, 2.75) is 121 Å². The fourth-order valence-electron chi connectivity index (χ4n) is 8.89. The number of unbranched alkanes of at least 4 members (excludes halogenated alkanes) is 3. The van der Waals surface area contributed by atoms with Crippen molar-refractivity contribution in [3.8, 4) is 0 Å². The van der Waals surface area contributed by atoms with E-state index in [0.29, 0.717) is 6.42 Å². The quantitative estimate of drug-likeness (QED) is 0.294. The maximum atomic E-state index is 17.7. The lowest BCUT2D eigenvalue weighted by molar-refractivity contribution is -0.241. The molecule has 212 valence electrons. The minimum atomic E-state index is -2.45. The first kappa shape index (κ1) is 28.2. The molecule has 38 heavy (non-hydrogen) atoms. The summed E-state index contributed by atoms with van der Waals surface area (Å²) >= 11 is 5.28. The van der Waals surface area contributed by atoms with Gasteiger partial charge in [-0.15, -0.1) is 0 Å². The Balaban J connectivity index is 1.60. The zero-order valence-electron chi connectivity index (χ0n) is 22.8. The van der Waals surface area contributed by atoms with Crippen LogP contribution in [0.2, 0.25) is 0 Å². The Hall–Kier alpha value is -1.29. The van der Waals surface area contributed by atoms with Crippen LogP contribution < -0.4 is 0 Å². The van der Waals surface area contributed by atoms with Crippen LogP contribution in [-0.4, -0.2) is 56.5 Å². The van der Waals surface area contributed by atoms with E-state index < -0.39 is 86.8 Å². The number of carbonyl (C=O) groups excluding carboxylic acids is 1. The van der Waals surface area contributed by atoms with Crippen molar-refractivity contribution in [1.29, 1.82) is 0 Å². The van der Waals surface area contributed by atoms with Crippen LogP contribution in [0.25, 0.3) is 0 Å². The first-order valence-electron chi connectivity index (χ1n) is 13.9. The first-order chi connectivity index (χ1) is 17.6. The Kier molecular flexibility index (Phi) is 6.58. The molecule has 0 radical (unpaired) electrons. The molecule has 1 aliphatic heterocycles. The summed E-state index contributed by atoms with van der Waals surface area (Å²) in [5.74, 6) is -4.81. The summed E-state index contributed by atoms with van der Waals surface area (Å²) in [6.07, 6.45) is 0.508. The molecule has 4 fully saturated rings. The fraction of sp³-hybridized carbons (Fsp3) is 0.793. The van der Waals surface area contributed by atoms with Gasteiger partial charge in [0.25, 0.3) is 0 Å². The van der Waals surface area contributed by atoms with Gasteiger partial charge in [-0.3, -0.25) is 4.79 Å². The topological polar surface area (TPSA) is 76.0 Å². The highest BCUT2D eigenvalue weighted by Crippen LogP contribution is 2.73. The fourth-order valence-corrected chi connectivity index (χ4v) is 9.30. The van der Waals surface area contributed by atoms with E-state index in [1.54, 1.807) is 20.8 Å². The summed E-state index contributed by atoms with van der Waals surface area (Å²) in [4.78, 5) is 12.9. The van der Waals surface area contributed by atoms with E-state index in [0.717, 1.165) is 19.3 Å². The molecule has 0 aromatic heterocycles. The molecule has 0 spiro atoms. The molecule has 9 atom stereocenters. The molecule has 1 heterocycles. The molecular formula is C29H39F3O5S. The lowest BCUT2D eigenvalue weighted by Crippen LogP contribution is -2.71. The number of ketones is 1. The van der Waals surface area contributed by atoms with Gasteiger partial charge in [-0.2, -0.15) is 0 Å². The maximum absolute atomic E-state index is 17.7. The second kappa shape index (κ2) is 8.85. The van der Waals surface area contributed by atoms with E-state index in [1.165, 1.54) is 13.0 Å². The van der Waals surface area contributed by atoms with Gasteiger partial charge in [0.15, 0.2) is 27.9 Å². The highest BCUT2D eigenvalue weighted by Gasteiger charge is 2.80.